The lowest BCUT2D eigenvalue weighted by Crippen LogP contribution is -2.45. The zero-order chi connectivity index (χ0) is 14.8. The largest absolute Gasteiger partial charge is 0.377 e. The fraction of sp³-hybridized carbons (Fsp3) is 0.500. The minimum absolute atomic E-state index is 0.0420. The van der Waals surface area contributed by atoms with E-state index in [9.17, 15) is 4.79 Å². The Bertz CT molecular complexity index is 633. The van der Waals surface area contributed by atoms with E-state index in [1.807, 2.05) is 24.9 Å². The van der Waals surface area contributed by atoms with E-state index in [1.165, 1.54) is 0 Å². The first-order valence-corrected chi connectivity index (χ1v) is 7.01. The molecular formula is C14H19N5O2. The highest BCUT2D eigenvalue weighted by Gasteiger charge is 2.30. The predicted octanol–water partition coefficient (Wildman–Crippen LogP) is 0.823. The van der Waals surface area contributed by atoms with Gasteiger partial charge < -0.3 is 9.64 Å². The molecule has 3 rings (SSSR count). The van der Waals surface area contributed by atoms with Crippen LogP contribution in [-0.4, -0.2) is 50.5 Å². The minimum atomic E-state index is -0.106. The van der Waals surface area contributed by atoms with Crippen LogP contribution in [0.4, 0.5) is 0 Å². The third-order valence-corrected chi connectivity index (χ3v) is 3.71. The molecule has 0 radical (unpaired) electrons. The summed E-state index contributed by atoms with van der Waals surface area (Å²) in [6, 6.07) is -0.106. The first-order chi connectivity index (χ1) is 10.1. The van der Waals surface area contributed by atoms with Crippen LogP contribution < -0.4 is 0 Å². The van der Waals surface area contributed by atoms with Crippen LogP contribution >= 0.6 is 0 Å². The van der Waals surface area contributed by atoms with Gasteiger partial charge in [-0.15, -0.1) is 0 Å². The average Bonchev–Trinajstić information content (AvgIpc) is 3.07. The van der Waals surface area contributed by atoms with Crippen LogP contribution in [0.1, 0.15) is 22.9 Å². The standard InChI is InChI=1S/C14H19N5O2/c1-10-5-16-18(7-10)8-13(20)19-3-4-21-9-12(19)14-11(2)6-15-17-14/h5-7,12H,3-4,8-9H2,1-2H3,(H,15,17)/t12-/m1/s1. The van der Waals surface area contributed by atoms with Crippen LogP contribution in [0.25, 0.3) is 0 Å². The van der Waals surface area contributed by atoms with Crippen LogP contribution in [0.5, 0.6) is 0 Å². The third-order valence-electron chi connectivity index (χ3n) is 3.71. The summed E-state index contributed by atoms with van der Waals surface area (Å²) in [5.74, 6) is 0.0420. The second-order valence-electron chi connectivity index (χ2n) is 5.36. The maximum atomic E-state index is 12.6. The van der Waals surface area contributed by atoms with Crippen molar-refractivity contribution < 1.29 is 9.53 Å². The molecule has 21 heavy (non-hydrogen) atoms. The number of aryl methyl sites for hydroxylation is 2. The van der Waals surface area contributed by atoms with Crippen LogP contribution in [0.3, 0.4) is 0 Å². The summed E-state index contributed by atoms with van der Waals surface area (Å²) in [5.41, 5.74) is 3.03. The van der Waals surface area contributed by atoms with Crippen LogP contribution in [0.2, 0.25) is 0 Å². The molecule has 0 spiro atoms. The minimum Gasteiger partial charge on any atom is -0.377 e. The fourth-order valence-corrected chi connectivity index (χ4v) is 2.62. The Balaban J connectivity index is 1.77. The second kappa shape index (κ2) is 5.69. The van der Waals surface area contributed by atoms with Gasteiger partial charge in [-0.25, -0.2) is 0 Å². The number of carbonyl (C=O) groups is 1. The molecule has 7 heteroatoms. The quantitative estimate of drug-likeness (QED) is 0.907. The molecule has 1 aliphatic rings. The van der Waals surface area contributed by atoms with Crippen molar-refractivity contribution >= 4 is 5.91 Å². The van der Waals surface area contributed by atoms with E-state index in [2.05, 4.69) is 15.3 Å². The molecule has 2 aromatic rings. The van der Waals surface area contributed by atoms with E-state index in [4.69, 9.17) is 4.74 Å². The zero-order valence-corrected chi connectivity index (χ0v) is 12.2. The number of morpholine rings is 1. The predicted molar refractivity (Wildman–Crippen MR) is 75.6 cm³/mol. The summed E-state index contributed by atoms with van der Waals surface area (Å²) in [4.78, 5) is 14.4. The number of nitrogens with zero attached hydrogens (tertiary/aromatic N) is 4. The molecule has 1 amide bonds. The van der Waals surface area contributed by atoms with E-state index < -0.39 is 0 Å². The molecule has 0 bridgehead atoms. The first-order valence-electron chi connectivity index (χ1n) is 7.01. The summed E-state index contributed by atoms with van der Waals surface area (Å²) < 4.78 is 7.20. The molecule has 1 atom stereocenters. The lowest BCUT2D eigenvalue weighted by Gasteiger charge is -2.35. The summed E-state index contributed by atoms with van der Waals surface area (Å²) in [5, 5.41) is 11.2. The Labute approximate surface area is 122 Å². The molecule has 112 valence electrons. The smallest absolute Gasteiger partial charge is 0.245 e. The van der Waals surface area contributed by atoms with Gasteiger partial charge in [0.2, 0.25) is 5.91 Å². The normalized spacial score (nSPS) is 19.0. The van der Waals surface area contributed by atoms with E-state index in [1.54, 1.807) is 17.1 Å². The van der Waals surface area contributed by atoms with Gasteiger partial charge in [-0.1, -0.05) is 0 Å². The number of aromatic amines is 1. The molecule has 1 saturated heterocycles. The second-order valence-corrected chi connectivity index (χ2v) is 5.36. The van der Waals surface area contributed by atoms with Crippen molar-refractivity contribution in [1.29, 1.82) is 0 Å². The van der Waals surface area contributed by atoms with Gasteiger partial charge >= 0.3 is 0 Å². The van der Waals surface area contributed by atoms with Crippen LogP contribution in [0.15, 0.2) is 18.6 Å². The van der Waals surface area contributed by atoms with Crippen molar-refractivity contribution in [2.45, 2.75) is 26.4 Å². The average molecular weight is 289 g/mol. The monoisotopic (exact) mass is 289 g/mol. The van der Waals surface area contributed by atoms with E-state index >= 15 is 0 Å². The third kappa shape index (κ3) is 2.82. The van der Waals surface area contributed by atoms with Gasteiger partial charge in [0, 0.05) is 12.7 Å². The van der Waals surface area contributed by atoms with Gasteiger partial charge in [0.1, 0.15) is 6.54 Å². The van der Waals surface area contributed by atoms with Gasteiger partial charge in [0.05, 0.1) is 37.3 Å². The highest BCUT2D eigenvalue weighted by atomic mass is 16.5. The van der Waals surface area contributed by atoms with Crippen molar-refractivity contribution in [3.8, 4) is 0 Å². The Morgan fingerprint density at radius 1 is 1.48 bits per heavy atom. The SMILES string of the molecule is Cc1cnn(CC(=O)N2CCOC[C@@H]2c2[nH]ncc2C)c1. The Hall–Kier alpha value is -2.15. The first kappa shape index (κ1) is 13.8. The van der Waals surface area contributed by atoms with Crippen molar-refractivity contribution in [3.63, 3.8) is 0 Å². The number of carbonyl (C=O) groups excluding carboxylic acids is 1. The Morgan fingerprint density at radius 2 is 2.33 bits per heavy atom. The molecule has 0 aromatic carbocycles. The van der Waals surface area contributed by atoms with Crippen molar-refractivity contribution in [1.82, 2.24) is 24.9 Å². The molecular weight excluding hydrogens is 270 g/mol. The number of rotatable bonds is 3. The molecule has 1 N–H and O–H groups in total. The lowest BCUT2D eigenvalue weighted by molar-refractivity contribution is -0.141. The summed E-state index contributed by atoms with van der Waals surface area (Å²) in [7, 11) is 0. The van der Waals surface area contributed by atoms with Gasteiger partial charge in [0.15, 0.2) is 0 Å². The van der Waals surface area contributed by atoms with E-state index in [0.717, 1.165) is 16.8 Å². The number of H-pyrrole nitrogens is 1. The number of amides is 1. The highest BCUT2D eigenvalue weighted by molar-refractivity contribution is 5.76. The summed E-state index contributed by atoms with van der Waals surface area (Å²) >= 11 is 0. The van der Waals surface area contributed by atoms with Crippen molar-refractivity contribution in [2.24, 2.45) is 0 Å². The summed E-state index contributed by atoms with van der Waals surface area (Å²) in [6.07, 6.45) is 5.39. The molecule has 2 aromatic heterocycles. The number of aromatic nitrogens is 4. The summed E-state index contributed by atoms with van der Waals surface area (Å²) in [6.45, 7) is 5.83. The van der Waals surface area contributed by atoms with Gasteiger partial charge in [-0.3, -0.25) is 14.6 Å². The van der Waals surface area contributed by atoms with Gasteiger partial charge in [-0.2, -0.15) is 10.2 Å². The van der Waals surface area contributed by atoms with Gasteiger partial charge in [0.25, 0.3) is 0 Å². The van der Waals surface area contributed by atoms with E-state index in [-0.39, 0.29) is 18.5 Å². The van der Waals surface area contributed by atoms with Crippen molar-refractivity contribution in [3.05, 3.63) is 35.4 Å². The molecule has 1 aliphatic heterocycles. The van der Waals surface area contributed by atoms with Crippen LogP contribution in [0, 0.1) is 13.8 Å². The Morgan fingerprint density at radius 3 is 3.00 bits per heavy atom. The molecule has 3 heterocycles. The zero-order valence-electron chi connectivity index (χ0n) is 12.2. The van der Waals surface area contributed by atoms with Crippen molar-refractivity contribution in [2.75, 3.05) is 19.8 Å². The van der Waals surface area contributed by atoms with E-state index in [0.29, 0.717) is 19.8 Å². The van der Waals surface area contributed by atoms with Crippen LogP contribution in [-0.2, 0) is 16.1 Å². The van der Waals surface area contributed by atoms with Gasteiger partial charge in [-0.05, 0) is 25.0 Å². The molecule has 7 nitrogen and oxygen atoms in total. The molecule has 0 aliphatic carbocycles. The molecule has 0 saturated carbocycles. The molecule has 1 fully saturated rings. The topological polar surface area (TPSA) is 76.0 Å². The maximum absolute atomic E-state index is 12.6. The number of hydrogen-bond donors (Lipinski definition) is 1. The molecule has 0 unspecified atom stereocenters. The highest BCUT2D eigenvalue weighted by Crippen LogP contribution is 2.25. The number of ether oxygens (including phenoxy) is 1. The number of hydrogen-bond acceptors (Lipinski definition) is 4. The maximum Gasteiger partial charge on any atom is 0.245 e. The number of nitrogens with one attached hydrogen (secondary N) is 1. The Kier molecular flexibility index (Phi) is 3.74. The fourth-order valence-electron chi connectivity index (χ4n) is 2.62. The lowest BCUT2D eigenvalue weighted by atomic mass is 10.1.